The third-order valence-corrected chi connectivity index (χ3v) is 4.38. The van der Waals surface area contributed by atoms with Crippen molar-refractivity contribution in [2.75, 3.05) is 19.0 Å². The summed E-state index contributed by atoms with van der Waals surface area (Å²) in [4.78, 5) is 32.0. The summed E-state index contributed by atoms with van der Waals surface area (Å²) in [7, 11) is 1.59. The highest BCUT2D eigenvalue weighted by atomic mass is 32.1. The van der Waals surface area contributed by atoms with Crippen LogP contribution in [0.2, 0.25) is 0 Å². The lowest BCUT2D eigenvalue weighted by Gasteiger charge is -2.00. The summed E-state index contributed by atoms with van der Waals surface area (Å²) in [5.74, 6) is 0.743. The van der Waals surface area contributed by atoms with Crippen LogP contribution in [0.4, 0.5) is 5.13 Å². The number of esters is 1. The van der Waals surface area contributed by atoms with Gasteiger partial charge in [-0.15, -0.1) is 11.3 Å². The molecule has 2 heterocycles. The van der Waals surface area contributed by atoms with E-state index in [2.05, 4.69) is 20.4 Å². The van der Waals surface area contributed by atoms with Crippen molar-refractivity contribution in [3.63, 3.8) is 0 Å². The van der Waals surface area contributed by atoms with E-state index >= 15 is 0 Å². The molecule has 28 heavy (non-hydrogen) atoms. The predicted octanol–water partition coefficient (Wildman–Crippen LogP) is 2.95. The summed E-state index contributed by atoms with van der Waals surface area (Å²) in [6, 6.07) is 7.25. The molecule has 2 aromatic heterocycles. The Balaban J connectivity index is 1.52. The van der Waals surface area contributed by atoms with Crippen LogP contribution in [0.15, 0.2) is 34.2 Å². The highest BCUT2D eigenvalue weighted by Gasteiger charge is 2.14. The molecule has 0 saturated heterocycles. The molecular weight excluding hydrogens is 384 g/mol. The van der Waals surface area contributed by atoms with Gasteiger partial charge in [-0.1, -0.05) is 5.16 Å². The molecule has 0 unspecified atom stereocenters. The van der Waals surface area contributed by atoms with Crippen LogP contribution in [-0.2, 0) is 16.0 Å². The van der Waals surface area contributed by atoms with E-state index in [1.807, 2.05) is 12.1 Å². The van der Waals surface area contributed by atoms with Gasteiger partial charge >= 0.3 is 5.97 Å². The van der Waals surface area contributed by atoms with E-state index in [1.165, 1.54) is 5.38 Å². The third kappa shape index (κ3) is 4.92. The minimum Gasteiger partial charge on any atom is -0.497 e. The van der Waals surface area contributed by atoms with Gasteiger partial charge in [0.15, 0.2) is 10.8 Å². The second-order valence-electron chi connectivity index (χ2n) is 5.55. The van der Waals surface area contributed by atoms with Crippen LogP contribution in [0, 0.1) is 0 Å². The lowest BCUT2D eigenvalue weighted by Crippen LogP contribution is -2.13. The van der Waals surface area contributed by atoms with E-state index in [0.717, 1.165) is 22.6 Å². The van der Waals surface area contributed by atoms with Crippen LogP contribution < -0.4 is 10.1 Å². The summed E-state index contributed by atoms with van der Waals surface area (Å²) < 4.78 is 15.2. The number of amides is 1. The molecule has 146 valence electrons. The Morgan fingerprint density at radius 2 is 2.00 bits per heavy atom. The summed E-state index contributed by atoms with van der Waals surface area (Å²) in [5, 5.41) is 8.43. The van der Waals surface area contributed by atoms with Crippen molar-refractivity contribution < 1.29 is 23.6 Å². The van der Waals surface area contributed by atoms with E-state index in [-0.39, 0.29) is 31.0 Å². The number of rotatable bonds is 8. The molecule has 0 aliphatic carbocycles. The van der Waals surface area contributed by atoms with E-state index in [1.54, 1.807) is 26.2 Å². The Bertz CT molecular complexity index is 951. The van der Waals surface area contributed by atoms with Gasteiger partial charge in [0.05, 0.1) is 13.7 Å². The first-order chi connectivity index (χ1) is 13.6. The van der Waals surface area contributed by atoms with Crippen molar-refractivity contribution in [3.8, 4) is 17.1 Å². The molecule has 0 radical (unpaired) electrons. The SMILES string of the molecule is CCOC(=O)c1csc(NC(=O)CCc2nc(-c3ccc(OC)cc3)no2)n1. The van der Waals surface area contributed by atoms with Crippen LogP contribution in [-0.4, -0.2) is 40.7 Å². The van der Waals surface area contributed by atoms with Crippen molar-refractivity contribution in [1.29, 1.82) is 0 Å². The van der Waals surface area contributed by atoms with E-state index < -0.39 is 5.97 Å². The average molecular weight is 402 g/mol. The molecule has 3 rings (SSSR count). The maximum atomic E-state index is 12.1. The fourth-order valence-corrected chi connectivity index (χ4v) is 2.94. The van der Waals surface area contributed by atoms with Gasteiger partial charge in [-0.3, -0.25) is 4.79 Å². The normalized spacial score (nSPS) is 10.5. The molecule has 0 saturated carbocycles. The van der Waals surface area contributed by atoms with Crippen molar-refractivity contribution >= 4 is 28.3 Å². The molecule has 0 aliphatic heterocycles. The molecule has 0 spiro atoms. The second kappa shape index (κ2) is 9.09. The molecular formula is C18H18N4O5S. The van der Waals surface area contributed by atoms with Gasteiger partial charge in [0.25, 0.3) is 0 Å². The summed E-state index contributed by atoms with van der Waals surface area (Å²) in [5.41, 5.74) is 0.956. The van der Waals surface area contributed by atoms with E-state index in [4.69, 9.17) is 14.0 Å². The maximum Gasteiger partial charge on any atom is 0.357 e. The molecule has 1 aromatic carbocycles. The van der Waals surface area contributed by atoms with Gasteiger partial charge in [0.1, 0.15) is 5.75 Å². The minimum absolute atomic E-state index is 0.137. The number of hydrogen-bond donors (Lipinski definition) is 1. The van der Waals surface area contributed by atoms with Crippen LogP contribution in [0.25, 0.3) is 11.4 Å². The fraction of sp³-hybridized carbons (Fsp3) is 0.278. The number of carbonyl (C=O) groups is 2. The van der Waals surface area contributed by atoms with E-state index in [0.29, 0.717) is 16.8 Å². The number of nitrogens with zero attached hydrogens (tertiary/aromatic N) is 3. The first-order valence-electron chi connectivity index (χ1n) is 8.48. The fourth-order valence-electron chi connectivity index (χ4n) is 2.25. The summed E-state index contributed by atoms with van der Waals surface area (Å²) in [6.45, 7) is 1.98. The Morgan fingerprint density at radius 1 is 1.21 bits per heavy atom. The van der Waals surface area contributed by atoms with Crippen LogP contribution >= 0.6 is 11.3 Å². The number of benzene rings is 1. The molecule has 0 bridgehead atoms. The largest absolute Gasteiger partial charge is 0.497 e. The zero-order chi connectivity index (χ0) is 19.9. The summed E-state index contributed by atoms with van der Waals surface area (Å²) in [6.07, 6.45) is 0.420. The number of methoxy groups -OCH3 is 1. The highest BCUT2D eigenvalue weighted by molar-refractivity contribution is 7.14. The Hall–Kier alpha value is -3.27. The Kier molecular flexibility index (Phi) is 6.33. The van der Waals surface area contributed by atoms with Gasteiger partial charge in [-0.2, -0.15) is 4.98 Å². The molecule has 1 amide bonds. The molecule has 0 aliphatic rings. The number of nitrogens with one attached hydrogen (secondary N) is 1. The molecule has 3 aromatic rings. The van der Waals surface area contributed by atoms with Gasteiger partial charge in [0.2, 0.25) is 17.6 Å². The number of anilines is 1. The Labute approximate surface area is 164 Å². The lowest BCUT2D eigenvalue weighted by atomic mass is 10.2. The molecule has 9 nitrogen and oxygen atoms in total. The minimum atomic E-state index is -0.517. The van der Waals surface area contributed by atoms with Crippen molar-refractivity contribution in [1.82, 2.24) is 15.1 Å². The van der Waals surface area contributed by atoms with Crippen molar-refractivity contribution in [2.24, 2.45) is 0 Å². The van der Waals surface area contributed by atoms with Gasteiger partial charge < -0.3 is 19.3 Å². The predicted molar refractivity (Wildman–Crippen MR) is 101 cm³/mol. The Morgan fingerprint density at radius 3 is 2.71 bits per heavy atom. The second-order valence-corrected chi connectivity index (χ2v) is 6.40. The van der Waals surface area contributed by atoms with Gasteiger partial charge in [0, 0.05) is 23.8 Å². The quantitative estimate of drug-likeness (QED) is 0.572. The highest BCUT2D eigenvalue weighted by Crippen LogP contribution is 2.20. The lowest BCUT2D eigenvalue weighted by molar-refractivity contribution is -0.116. The van der Waals surface area contributed by atoms with Crippen LogP contribution in [0.5, 0.6) is 5.75 Å². The smallest absolute Gasteiger partial charge is 0.357 e. The number of aryl methyl sites for hydroxylation is 1. The number of hydrogen-bond acceptors (Lipinski definition) is 9. The van der Waals surface area contributed by atoms with Gasteiger partial charge in [-0.05, 0) is 31.2 Å². The monoisotopic (exact) mass is 402 g/mol. The van der Waals surface area contributed by atoms with Crippen LogP contribution in [0.1, 0.15) is 29.7 Å². The first-order valence-corrected chi connectivity index (χ1v) is 9.36. The first kappa shape index (κ1) is 19.5. The standard InChI is InChI=1S/C18H18N4O5S/c1-3-26-17(24)13-10-28-18(19-13)20-14(23)8-9-15-21-16(22-27-15)11-4-6-12(25-2)7-5-11/h4-7,10H,3,8-9H2,1-2H3,(H,19,20,23). The van der Waals surface area contributed by atoms with Crippen molar-refractivity contribution in [2.45, 2.75) is 19.8 Å². The zero-order valence-electron chi connectivity index (χ0n) is 15.3. The molecule has 0 fully saturated rings. The number of thiazole rings is 1. The zero-order valence-corrected chi connectivity index (χ0v) is 16.1. The number of carbonyl (C=O) groups excluding carboxylic acids is 2. The topological polar surface area (TPSA) is 116 Å². The number of ether oxygens (including phenoxy) is 2. The van der Waals surface area contributed by atoms with E-state index in [9.17, 15) is 9.59 Å². The third-order valence-electron chi connectivity index (χ3n) is 3.62. The molecule has 1 N–H and O–H groups in total. The maximum absolute atomic E-state index is 12.1. The van der Waals surface area contributed by atoms with Gasteiger partial charge in [-0.25, -0.2) is 9.78 Å². The average Bonchev–Trinajstić information content (AvgIpc) is 3.36. The summed E-state index contributed by atoms with van der Waals surface area (Å²) >= 11 is 1.15. The number of aromatic nitrogens is 3. The molecule has 10 heteroatoms. The van der Waals surface area contributed by atoms with Crippen molar-refractivity contribution in [3.05, 3.63) is 41.2 Å². The molecule has 0 atom stereocenters. The van der Waals surface area contributed by atoms with Crippen LogP contribution in [0.3, 0.4) is 0 Å².